The van der Waals surface area contributed by atoms with Crippen LogP contribution in [0.5, 0.6) is 0 Å². The minimum absolute atomic E-state index is 0.263. The Balaban J connectivity index is 2.40. The van der Waals surface area contributed by atoms with Crippen LogP contribution in [-0.4, -0.2) is 23.6 Å². The molecule has 27 heavy (non-hydrogen) atoms. The first kappa shape index (κ1) is 20.1. The van der Waals surface area contributed by atoms with Crippen LogP contribution in [0.2, 0.25) is 0 Å². The van der Waals surface area contributed by atoms with Crippen LogP contribution in [0.4, 0.5) is 4.39 Å². The first-order chi connectivity index (χ1) is 12.9. The van der Waals surface area contributed by atoms with Gasteiger partial charge in [0.05, 0.1) is 6.61 Å². The molecule has 0 fully saturated rings. The number of aliphatic hydroxyl groups is 1. The van der Waals surface area contributed by atoms with E-state index in [-0.39, 0.29) is 6.61 Å². The normalized spacial score (nSPS) is 12.4. The van der Waals surface area contributed by atoms with E-state index < -0.39 is 23.8 Å². The molecule has 0 aromatic heterocycles. The first-order valence-corrected chi connectivity index (χ1v) is 8.30. The molecule has 1 atom stereocenters. The van der Waals surface area contributed by atoms with E-state index in [1.807, 2.05) is 0 Å². The van der Waals surface area contributed by atoms with E-state index in [2.05, 4.69) is 0 Å². The van der Waals surface area contributed by atoms with Gasteiger partial charge in [-0.05, 0) is 71.7 Å². The number of hydrogen-bond donors (Lipinski definition) is 2. The smallest absolute Gasteiger partial charge is 0.330 e. The zero-order valence-electron chi connectivity index (χ0n) is 14.8. The Kier molecular flexibility index (Phi) is 7.02. The highest BCUT2D eigenvalue weighted by molar-refractivity contribution is 5.90. The Morgan fingerprint density at radius 2 is 1.67 bits per heavy atom. The molecule has 2 aromatic carbocycles. The molecule has 0 radical (unpaired) electrons. The maximum Gasteiger partial charge on any atom is 0.330 e. The second-order valence-corrected chi connectivity index (χ2v) is 5.71. The number of ether oxygens (including phenoxy) is 1. The summed E-state index contributed by atoms with van der Waals surface area (Å²) in [5.41, 5.74) is 7.37. The molecule has 0 spiro atoms. The van der Waals surface area contributed by atoms with E-state index in [0.717, 1.165) is 0 Å². The van der Waals surface area contributed by atoms with Crippen LogP contribution in [0.3, 0.4) is 0 Å². The van der Waals surface area contributed by atoms with Crippen molar-refractivity contribution in [3.05, 3.63) is 82.7 Å². The third kappa shape index (κ3) is 6.20. The summed E-state index contributed by atoms with van der Waals surface area (Å²) in [7, 11) is 0. The minimum atomic E-state index is -1.01. The van der Waals surface area contributed by atoms with Crippen LogP contribution in [0.1, 0.15) is 35.3 Å². The standard InChI is InChI=1S/C21H20FNO4/c1-2-27-20(25)10-4-15-11-14(3-9-19(23)24)12-17(13-15)21(26)16-5-7-18(22)8-6-16/h3-13,21,26H,2H2,1H3,(H2,23,24). The molecule has 5 nitrogen and oxygen atoms in total. The number of rotatable bonds is 7. The van der Waals surface area contributed by atoms with Gasteiger partial charge in [0.15, 0.2) is 0 Å². The van der Waals surface area contributed by atoms with Gasteiger partial charge in [-0.3, -0.25) is 4.79 Å². The van der Waals surface area contributed by atoms with Gasteiger partial charge >= 0.3 is 5.97 Å². The summed E-state index contributed by atoms with van der Waals surface area (Å²) in [6, 6.07) is 10.6. The predicted octanol–water partition coefficient (Wildman–Crippen LogP) is 2.98. The fourth-order valence-corrected chi connectivity index (χ4v) is 2.42. The van der Waals surface area contributed by atoms with Gasteiger partial charge in [0, 0.05) is 12.2 Å². The molecule has 6 heteroatoms. The fraction of sp³-hybridized carbons (Fsp3) is 0.143. The van der Waals surface area contributed by atoms with Gasteiger partial charge < -0.3 is 15.6 Å². The van der Waals surface area contributed by atoms with Crippen molar-refractivity contribution in [1.29, 1.82) is 0 Å². The number of amides is 1. The average Bonchev–Trinajstić information content (AvgIpc) is 2.65. The number of nitrogens with two attached hydrogens (primary N) is 1. The van der Waals surface area contributed by atoms with E-state index in [1.165, 1.54) is 42.5 Å². The lowest BCUT2D eigenvalue weighted by Gasteiger charge is -2.13. The summed E-state index contributed by atoms with van der Waals surface area (Å²) < 4.78 is 18.0. The lowest BCUT2D eigenvalue weighted by Crippen LogP contribution is -2.05. The summed E-state index contributed by atoms with van der Waals surface area (Å²) in [5, 5.41) is 10.6. The highest BCUT2D eigenvalue weighted by Crippen LogP contribution is 2.25. The molecule has 2 rings (SSSR count). The number of carbonyl (C=O) groups is 2. The third-order valence-corrected chi connectivity index (χ3v) is 3.64. The molecule has 3 N–H and O–H groups in total. The SMILES string of the molecule is CCOC(=O)C=Cc1cc(C=CC(N)=O)cc(C(O)c2ccc(F)cc2)c1. The summed E-state index contributed by atoms with van der Waals surface area (Å²) in [5.74, 6) is -1.50. The molecule has 1 unspecified atom stereocenters. The highest BCUT2D eigenvalue weighted by Gasteiger charge is 2.12. The van der Waals surface area contributed by atoms with Crippen molar-refractivity contribution in [3.63, 3.8) is 0 Å². The van der Waals surface area contributed by atoms with Crippen molar-refractivity contribution in [1.82, 2.24) is 0 Å². The van der Waals surface area contributed by atoms with E-state index >= 15 is 0 Å². The second-order valence-electron chi connectivity index (χ2n) is 5.71. The van der Waals surface area contributed by atoms with E-state index in [1.54, 1.807) is 31.2 Å². The van der Waals surface area contributed by atoms with Gasteiger partial charge in [0.1, 0.15) is 11.9 Å². The Hall–Kier alpha value is -3.25. The maximum atomic E-state index is 13.1. The maximum absolute atomic E-state index is 13.1. The highest BCUT2D eigenvalue weighted by atomic mass is 19.1. The lowest BCUT2D eigenvalue weighted by atomic mass is 9.96. The van der Waals surface area contributed by atoms with Crippen molar-refractivity contribution >= 4 is 24.0 Å². The van der Waals surface area contributed by atoms with Gasteiger partial charge in [0.2, 0.25) is 5.91 Å². The van der Waals surface area contributed by atoms with Gasteiger partial charge in [0.25, 0.3) is 0 Å². The van der Waals surface area contributed by atoms with E-state index in [0.29, 0.717) is 22.3 Å². The quantitative estimate of drug-likeness (QED) is 0.580. The molecule has 140 valence electrons. The minimum Gasteiger partial charge on any atom is -0.463 e. The van der Waals surface area contributed by atoms with Crippen molar-refractivity contribution in [2.75, 3.05) is 6.61 Å². The molecular formula is C21H20FNO4. The molecule has 0 aliphatic heterocycles. The van der Waals surface area contributed by atoms with Gasteiger partial charge in [-0.1, -0.05) is 12.1 Å². The fourth-order valence-electron chi connectivity index (χ4n) is 2.42. The van der Waals surface area contributed by atoms with Crippen LogP contribution < -0.4 is 5.73 Å². The topological polar surface area (TPSA) is 89.6 Å². The predicted molar refractivity (Wildman–Crippen MR) is 101 cm³/mol. The molecule has 0 aliphatic carbocycles. The molecule has 0 heterocycles. The number of aliphatic hydroxyl groups excluding tert-OH is 1. The molecule has 0 bridgehead atoms. The zero-order valence-corrected chi connectivity index (χ0v) is 14.8. The number of halogens is 1. The molecule has 0 saturated heterocycles. The summed E-state index contributed by atoms with van der Waals surface area (Å²) in [6.45, 7) is 1.97. The Labute approximate surface area is 156 Å². The van der Waals surface area contributed by atoms with Gasteiger partial charge in [-0.2, -0.15) is 0 Å². The molecule has 0 aliphatic rings. The van der Waals surface area contributed by atoms with Gasteiger partial charge in [-0.15, -0.1) is 0 Å². The van der Waals surface area contributed by atoms with Crippen molar-refractivity contribution in [2.24, 2.45) is 5.73 Å². The third-order valence-electron chi connectivity index (χ3n) is 3.64. The first-order valence-electron chi connectivity index (χ1n) is 8.30. The van der Waals surface area contributed by atoms with Gasteiger partial charge in [-0.25, -0.2) is 9.18 Å². The molecular weight excluding hydrogens is 349 g/mol. The van der Waals surface area contributed by atoms with Crippen LogP contribution >= 0.6 is 0 Å². The number of primary amides is 1. The van der Waals surface area contributed by atoms with Crippen molar-refractivity contribution in [2.45, 2.75) is 13.0 Å². The molecule has 1 amide bonds. The summed E-state index contributed by atoms with van der Waals surface area (Å²) in [4.78, 5) is 22.5. The molecule has 2 aromatic rings. The number of hydrogen-bond acceptors (Lipinski definition) is 4. The monoisotopic (exact) mass is 369 g/mol. The lowest BCUT2D eigenvalue weighted by molar-refractivity contribution is -0.137. The summed E-state index contributed by atoms with van der Waals surface area (Å²) >= 11 is 0. The van der Waals surface area contributed by atoms with Crippen LogP contribution in [0.25, 0.3) is 12.2 Å². The number of esters is 1. The zero-order chi connectivity index (χ0) is 19.8. The largest absolute Gasteiger partial charge is 0.463 e. The summed E-state index contributed by atoms with van der Waals surface area (Å²) in [6.07, 6.45) is 4.50. The second kappa shape index (κ2) is 9.45. The van der Waals surface area contributed by atoms with E-state index in [4.69, 9.17) is 10.5 Å². The Morgan fingerprint density at radius 1 is 1.07 bits per heavy atom. The number of benzene rings is 2. The Bertz CT molecular complexity index is 872. The molecule has 0 saturated carbocycles. The van der Waals surface area contributed by atoms with Crippen molar-refractivity contribution in [3.8, 4) is 0 Å². The van der Waals surface area contributed by atoms with Crippen LogP contribution in [-0.2, 0) is 14.3 Å². The van der Waals surface area contributed by atoms with Crippen LogP contribution in [0.15, 0.2) is 54.6 Å². The van der Waals surface area contributed by atoms with E-state index in [9.17, 15) is 19.1 Å². The Morgan fingerprint density at radius 3 is 2.22 bits per heavy atom. The number of carbonyl (C=O) groups excluding carboxylic acids is 2. The van der Waals surface area contributed by atoms with Crippen molar-refractivity contribution < 1.29 is 23.8 Å². The average molecular weight is 369 g/mol. The van der Waals surface area contributed by atoms with Crippen LogP contribution in [0, 0.1) is 5.82 Å².